The van der Waals surface area contributed by atoms with Crippen molar-refractivity contribution in [1.82, 2.24) is 19.6 Å². The Morgan fingerprint density at radius 2 is 0.977 bits per heavy atom. The molecule has 3 aliphatic rings. The van der Waals surface area contributed by atoms with Crippen molar-refractivity contribution in [1.29, 1.82) is 0 Å². The minimum absolute atomic E-state index is 0.206. The molecule has 0 aromatic heterocycles. The van der Waals surface area contributed by atoms with Gasteiger partial charge in [-0.25, -0.2) is 19.2 Å². The van der Waals surface area contributed by atoms with E-state index in [4.69, 9.17) is 18.9 Å². The molecule has 0 saturated carbocycles. The molecule has 14 heteroatoms. The fraction of sp³-hybridized carbons (Fsp3) is 0.867. The van der Waals surface area contributed by atoms with Crippen LogP contribution in [0.1, 0.15) is 67.2 Å². The first kappa shape index (κ1) is 35.8. The van der Waals surface area contributed by atoms with Crippen LogP contribution in [0.5, 0.6) is 0 Å². The first-order valence-electron chi connectivity index (χ1n) is 15.6. The molecule has 2 N–H and O–H groups in total. The van der Waals surface area contributed by atoms with Crippen LogP contribution in [0.2, 0.25) is 0 Å². The molecule has 252 valence electrons. The molecule has 2 amide bonds. The standard InChI is InChI=1S/C30H52N4O10/c1-29(2,3)43-27(39)33-19-21(17-23(33)25(35)36)41-15-7-9-31-11-13-32(14-12-31)10-8-16-42-22-18-24(26(37)38)34(20-22)28(40)44-30(4,5)6/h21-24H,7-20H2,1-6H3,(H,35,36)(H,37,38)/t21-,22-,23-,24-/m0/s1. The molecule has 0 radical (unpaired) electrons. The molecular formula is C30H52N4O10. The fourth-order valence-electron chi connectivity index (χ4n) is 5.66. The maximum atomic E-state index is 12.5. The molecule has 14 nitrogen and oxygen atoms in total. The predicted molar refractivity (Wildman–Crippen MR) is 160 cm³/mol. The molecule has 44 heavy (non-hydrogen) atoms. The number of nitrogens with zero attached hydrogens (tertiary/aromatic N) is 4. The Bertz CT molecular complexity index is 911. The molecule has 3 rings (SSSR count). The van der Waals surface area contributed by atoms with Crippen LogP contribution in [-0.4, -0.2) is 155 Å². The summed E-state index contributed by atoms with van der Waals surface area (Å²) in [6.07, 6.45) is 0.205. The highest BCUT2D eigenvalue weighted by Gasteiger charge is 2.43. The van der Waals surface area contributed by atoms with Gasteiger partial charge in [0.15, 0.2) is 0 Å². The van der Waals surface area contributed by atoms with E-state index in [0.717, 1.165) is 52.1 Å². The van der Waals surface area contributed by atoms with Crippen molar-refractivity contribution in [2.24, 2.45) is 0 Å². The van der Waals surface area contributed by atoms with Gasteiger partial charge in [-0.15, -0.1) is 0 Å². The van der Waals surface area contributed by atoms with Crippen LogP contribution in [0.15, 0.2) is 0 Å². The summed E-state index contributed by atoms with van der Waals surface area (Å²) in [6.45, 7) is 17.4. The normalized spacial score (nSPS) is 25.3. The number of carboxylic acid groups (broad SMARTS) is 2. The molecule has 3 aliphatic heterocycles. The van der Waals surface area contributed by atoms with E-state index in [0.29, 0.717) is 13.2 Å². The smallest absolute Gasteiger partial charge is 0.411 e. The van der Waals surface area contributed by atoms with Gasteiger partial charge >= 0.3 is 24.1 Å². The number of hydrogen-bond donors (Lipinski definition) is 2. The monoisotopic (exact) mass is 628 g/mol. The minimum Gasteiger partial charge on any atom is -0.480 e. The summed E-state index contributed by atoms with van der Waals surface area (Å²) in [6, 6.07) is -1.89. The Balaban J connectivity index is 1.27. The van der Waals surface area contributed by atoms with Crippen LogP contribution in [0.4, 0.5) is 9.59 Å². The van der Waals surface area contributed by atoms with E-state index in [2.05, 4.69) is 9.80 Å². The second kappa shape index (κ2) is 15.5. The summed E-state index contributed by atoms with van der Waals surface area (Å²) in [7, 11) is 0. The molecule has 3 heterocycles. The lowest BCUT2D eigenvalue weighted by Crippen LogP contribution is -2.47. The van der Waals surface area contributed by atoms with E-state index < -0.39 is 47.4 Å². The molecule has 3 saturated heterocycles. The third kappa shape index (κ3) is 11.4. The molecule has 4 atom stereocenters. The Labute approximate surface area is 260 Å². The van der Waals surface area contributed by atoms with Gasteiger partial charge in [-0.2, -0.15) is 0 Å². The third-order valence-electron chi connectivity index (χ3n) is 7.76. The minimum atomic E-state index is -1.05. The highest BCUT2D eigenvalue weighted by Crippen LogP contribution is 2.25. The van der Waals surface area contributed by atoms with Gasteiger partial charge in [-0.05, 0) is 54.4 Å². The Hall–Kier alpha value is -2.68. The lowest BCUT2D eigenvalue weighted by Gasteiger charge is -2.34. The van der Waals surface area contributed by atoms with Crippen LogP contribution in [0.3, 0.4) is 0 Å². The van der Waals surface area contributed by atoms with Crippen molar-refractivity contribution in [2.45, 2.75) is 103 Å². The number of ether oxygens (including phenoxy) is 4. The number of aliphatic carboxylic acids is 2. The number of piperazine rings is 1. The van der Waals surface area contributed by atoms with E-state index in [1.807, 2.05) is 0 Å². The second-order valence-corrected chi connectivity index (χ2v) is 13.8. The zero-order valence-corrected chi connectivity index (χ0v) is 27.2. The zero-order valence-electron chi connectivity index (χ0n) is 27.2. The van der Waals surface area contributed by atoms with Crippen molar-refractivity contribution in [3.8, 4) is 0 Å². The van der Waals surface area contributed by atoms with E-state index in [1.54, 1.807) is 41.5 Å². The van der Waals surface area contributed by atoms with Gasteiger partial charge in [-0.1, -0.05) is 0 Å². The van der Waals surface area contributed by atoms with Gasteiger partial charge in [0, 0.05) is 65.3 Å². The molecular weight excluding hydrogens is 576 g/mol. The number of carboxylic acids is 2. The first-order chi connectivity index (χ1) is 20.5. The lowest BCUT2D eigenvalue weighted by atomic mass is 10.2. The van der Waals surface area contributed by atoms with Crippen LogP contribution < -0.4 is 0 Å². The number of hydrogen-bond acceptors (Lipinski definition) is 10. The maximum absolute atomic E-state index is 12.5. The Morgan fingerprint density at radius 1 is 0.636 bits per heavy atom. The molecule has 0 aliphatic carbocycles. The summed E-state index contributed by atoms with van der Waals surface area (Å²) >= 11 is 0. The molecule has 0 spiro atoms. The molecule has 0 bridgehead atoms. The SMILES string of the molecule is CC(C)(C)OC(=O)N1C[C@@H](OCCCN2CCN(CCCO[C@H]3C[C@@H](C(=O)O)N(C(=O)OC(C)(C)C)C3)CC2)C[C@H]1C(=O)O. The largest absolute Gasteiger partial charge is 0.480 e. The Morgan fingerprint density at radius 3 is 1.27 bits per heavy atom. The number of carbonyl (C=O) groups excluding carboxylic acids is 2. The van der Waals surface area contributed by atoms with E-state index >= 15 is 0 Å². The number of amides is 2. The van der Waals surface area contributed by atoms with E-state index in [9.17, 15) is 29.4 Å². The summed E-state index contributed by atoms with van der Waals surface area (Å²) in [5.74, 6) is -2.11. The van der Waals surface area contributed by atoms with E-state index in [1.165, 1.54) is 9.80 Å². The number of rotatable bonds is 12. The van der Waals surface area contributed by atoms with Crippen LogP contribution in [0.25, 0.3) is 0 Å². The maximum Gasteiger partial charge on any atom is 0.411 e. The summed E-state index contributed by atoms with van der Waals surface area (Å²) in [5.41, 5.74) is -1.40. The summed E-state index contributed by atoms with van der Waals surface area (Å²) in [5, 5.41) is 19.1. The van der Waals surface area contributed by atoms with Gasteiger partial charge in [-0.3, -0.25) is 9.80 Å². The van der Waals surface area contributed by atoms with Crippen LogP contribution >= 0.6 is 0 Å². The topological polar surface area (TPSA) is 159 Å². The van der Waals surface area contributed by atoms with Gasteiger partial charge < -0.3 is 39.0 Å². The average Bonchev–Trinajstić information content (AvgIpc) is 3.53. The number of likely N-dealkylation sites (tertiary alicyclic amines) is 2. The van der Waals surface area contributed by atoms with Crippen molar-refractivity contribution in [2.75, 3.05) is 65.6 Å². The highest BCUT2D eigenvalue weighted by atomic mass is 16.6. The van der Waals surface area contributed by atoms with Crippen molar-refractivity contribution in [3.05, 3.63) is 0 Å². The molecule has 0 unspecified atom stereocenters. The van der Waals surface area contributed by atoms with Crippen LogP contribution in [0, 0.1) is 0 Å². The second-order valence-electron chi connectivity index (χ2n) is 13.8. The quantitative estimate of drug-likeness (QED) is 0.304. The van der Waals surface area contributed by atoms with E-state index in [-0.39, 0.29) is 38.1 Å². The van der Waals surface area contributed by atoms with Crippen LogP contribution in [-0.2, 0) is 28.5 Å². The first-order valence-corrected chi connectivity index (χ1v) is 15.6. The molecule has 0 aromatic rings. The Kier molecular flexibility index (Phi) is 12.6. The van der Waals surface area contributed by atoms with Gasteiger partial charge in [0.2, 0.25) is 0 Å². The van der Waals surface area contributed by atoms with Gasteiger partial charge in [0.1, 0.15) is 23.3 Å². The third-order valence-corrected chi connectivity index (χ3v) is 7.76. The van der Waals surface area contributed by atoms with Gasteiger partial charge in [0.05, 0.1) is 25.3 Å². The zero-order chi connectivity index (χ0) is 32.7. The van der Waals surface area contributed by atoms with Crippen molar-refractivity contribution in [3.63, 3.8) is 0 Å². The summed E-state index contributed by atoms with van der Waals surface area (Å²) in [4.78, 5) is 55.6. The number of carbonyl (C=O) groups is 4. The predicted octanol–water partition coefficient (Wildman–Crippen LogP) is 2.34. The lowest BCUT2D eigenvalue weighted by molar-refractivity contribution is -0.142. The molecule has 0 aromatic carbocycles. The average molecular weight is 629 g/mol. The molecule has 3 fully saturated rings. The highest BCUT2D eigenvalue weighted by molar-refractivity contribution is 5.81. The fourth-order valence-corrected chi connectivity index (χ4v) is 5.66. The van der Waals surface area contributed by atoms with Gasteiger partial charge in [0.25, 0.3) is 0 Å². The summed E-state index contributed by atoms with van der Waals surface area (Å²) < 4.78 is 22.6. The van der Waals surface area contributed by atoms with Crippen molar-refractivity contribution < 1.29 is 48.3 Å². The van der Waals surface area contributed by atoms with Crippen molar-refractivity contribution >= 4 is 24.1 Å².